The molecule has 0 atom stereocenters. The van der Waals surface area contributed by atoms with Crippen LogP contribution in [0.2, 0.25) is 0 Å². The van der Waals surface area contributed by atoms with Gasteiger partial charge < -0.3 is 14.0 Å². The molecule has 0 bridgehead atoms. The molecule has 0 amide bonds. The van der Waals surface area contributed by atoms with Crippen LogP contribution in [0.25, 0.3) is 10.8 Å². The first-order chi connectivity index (χ1) is 11.3. The first-order valence-electron chi connectivity index (χ1n) is 8.00. The summed E-state index contributed by atoms with van der Waals surface area (Å²) < 4.78 is 14.2. The van der Waals surface area contributed by atoms with E-state index in [1.165, 1.54) is 10.8 Å². The maximum atomic E-state index is 6.11. The Bertz CT molecular complexity index is 747. The minimum absolute atomic E-state index is 0.563. The van der Waals surface area contributed by atoms with Crippen molar-refractivity contribution in [1.82, 2.24) is 9.55 Å². The Labute approximate surface area is 136 Å². The summed E-state index contributed by atoms with van der Waals surface area (Å²) in [7, 11) is 0. The zero-order valence-electron chi connectivity index (χ0n) is 13.6. The lowest BCUT2D eigenvalue weighted by Crippen LogP contribution is -2.37. The Morgan fingerprint density at radius 1 is 1.00 bits per heavy atom. The molecule has 3 rings (SSSR count). The van der Waals surface area contributed by atoms with E-state index in [1.54, 1.807) is 12.5 Å². The first kappa shape index (κ1) is 15.7. The number of rotatable bonds is 7. The van der Waals surface area contributed by atoms with Gasteiger partial charge in [-0.15, -0.1) is 0 Å². The Kier molecular flexibility index (Phi) is 4.74. The average molecular weight is 310 g/mol. The van der Waals surface area contributed by atoms with Crippen LogP contribution >= 0.6 is 0 Å². The highest BCUT2D eigenvalue weighted by atomic mass is 16.7. The predicted molar refractivity (Wildman–Crippen MR) is 91.1 cm³/mol. The number of aromatic nitrogens is 2. The summed E-state index contributed by atoms with van der Waals surface area (Å²) >= 11 is 0. The van der Waals surface area contributed by atoms with Gasteiger partial charge in [-0.3, -0.25) is 0 Å². The number of fused-ring (bicyclic) bond motifs is 1. The number of benzene rings is 2. The summed E-state index contributed by atoms with van der Waals surface area (Å²) in [4.78, 5) is 4.12. The van der Waals surface area contributed by atoms with Crippen LogP contribution in [0.1, 0.15) is 19.4 Å². The number of ether oxygens (including phenoxy) is 2. The van der Waals surface area contributed by atoms with Crippen molar-refractivity contribution in [3.8, 4) is 0 Å². The number of hydrogen-bond acceptors (Lipinski definition) is 3. The van der Waals surface area contributed by atoms with Crippen LogP contribution in [0.15, 0.2) is 61.2 Å². The first-order valence-corrected chi connectivity index (χ1v) is 8.00. The van der Waals surface area contributed by atoms with E-state index in [2.05, 4.69) is 35.3 Å². The molecule has 120 valence electrons. The van der Waals surface area contributed by atoms with E-state index < -0.39 is 5.79 Å². The van der Waals surface area contributed by atoms with Gasteiger partial charge in [0.2, 0.25) is 5.79 Å². The highest BCUT2D eigenvalue weighted by molar-refractivity contribution is 5.83. The molecule has 23 heavy (non-hydrogen) atoms. The van der Waals surface area contributed by atoms with E-state index >= 15 is 0 Å². The average Bonchev–Trinajstić information content (AvgIpc) is 3.07. The molecule has 0 fully saturated rings. The molecule has 0 saturated carbocycles. The molecule has 0 aliphatic rings. The van der Waals surface area contributed by atoms with Gasteiger partial charge in [0.15, 0.2) is 0 Å². The highest BCUT2D eigenvalue weighted by Crippen LogP contribution is 2.32. The summed E-state index contributed by atoms with van der Waals surface area (Å²) in [5.74, 6) is -0.811. The fourth-order valence-corrected chi connectivity index (χ4v) is 2.90. The molecule has 3 aromatic rings. The van der Waals surface area contributed by atoms with Crippen LogP contribution in [0, 0.1) is 0 Å². The van der Waals surface area contributed by atoms with Crippen molar-refractivity contribution < 1.29 is 9.47 Å². The maximum absolute atomic E-state index is 6.11. The van der Waals surface area contributed by atoms with E-state index in [1.807, 2.05) is 36.7 Å². The van der Waals surface area contributed by atoms with E-state index in [0.717, 1.165) is 5.56 Å². The molecular formula is C19H22N2O2. The predicted octanol–water partition coefficient (Wildman–Crippen LogP) is 3.96. The van der Waals surface area contributed by atoms with Gasteiger partial charge in [0.25, 0.3) is 0 Å². The summed E-state index contributed by atoms with van der Waals surface area (Å²) in [6.45, 7) is 5.68. The molecule has 2 aromatic carbocycles. The quantitative estimate of drug-likeness (QED) is 0.620. The highest BCUT2D eigenvalue weighted by Gasteiger charge is 2.34. The number of hydrogen-bond donors (Lipinski definition) is 0. The normalized spacial score (nSPS) is 11.9. The van der Waals surface area contributed by atoms with Gasteiger partial charge in [0.1, 0.15) is 0 Å². The van der Waals surface area contributed by atoms with E-state index in [0.29, 0.717) is 19.8 Å². The van der Waals surface area contributed by atoms with Crippen LogP contribution in [0.5, 0.6) is 0 Å². The molecule has 0 spiro atoms. The molecule has 4 heteroatoms. The van der Waals surface area contributed by atoms with E-state index in [9.17, 15) is 0 Å². The van der Waals surface area contributed by atoms with Gasteiger partial charge in [0, 0.05) is 31.2 Å². The second-order valence-electron chi connectivity index (χ2n) is 5.42. The fourth-order valence-electron chi connectivity index (χ4n) is 2.90. The third-order valence-corrected chi connectivity index (χ3v) is 3.89. The van der Waals surface area contributed by atoms with Crippen LogP contribution in [-0.2, 0) is 21.8 Å². The third kappa shape index (κ3) is 3.28. The zero-order chi connectivity index (χ0) is 16.1. The second kappa shape index (κ2) is 6.94. The molecule has 0 saturated heterocycles. The van der Waals surface area contributed by atoms with E-state index in [4.69, 9.17) is 9.47 Å². The molecule has 0 aliphatic heterocycles. The van der Waals surface area contributed by atoms with Crippen LogP contribution in [0.4, 0.5) is 0 Å². The fraction of sp³-hybridized carbons (Fsp3) is 0.316. The number of nitrogens with zero attached hydrogens (tertiary/aromatic N) is 2. The van der Waals surface area contributed by atoms with Crippen LogP contribution in [-0.4, -0.2) is 22.8 Å². The summed E-state index contributed by atoms with van der Waals surface area (Å²) in [5.41, 5.74) is 1.02. The lowest BCUT2D eigenvalue weighted by atomic mass is 10.0. The molecular weight excluding hydrogens is 288 g/mol. The van der Waals surface area contributed by atoms with Crippen LogP contribution in [0.3, 0.4) is 0 Å². The Morgan fingerprint density at radius 2 is 1.74 bits per heavy atom. The molecule has 1 heterocycles. The smallest absolute Gasteiger partial charge is 0.213 e. The van der Waals surface area contributed by atoms with Crippen molar-refractivity contribution in [2.24, 2.45) is 0 Å². The SMILES string of the molecule is CCOC(Cn1ccnc1)(OCC)c1ccc2ccccc2c1. The Hall–Kier alpha value is -2.17. The number of imidazole rings is 1. The molecule has 4 nitrogen and oxygen atoms in total. The van der Waals surface area contributed by atoms with Crippen molar-refractivity contribution in [3.05, 3.63) is 66.7 Å². The van der Waals surface area contributed by atoms with Gasteiger partial charge >= 0.3 is 0 Å². The minimum atomic E-state index is -0.811. The monoisotopic (exact) mass is 310 g/mol. The molecule has 0 N–H and O–H groups in total. The minimum Gasteiger partial charge on any atom is -0.345 e. The zero-order valence-corrected chi connectivity index (χ0v) is 13.6. The topological polar surface area (TPSA) is 36.3 Å². The lowest BCUT2D eigenvalue weighted by molar-refractivity contribution is -0.250. The maximum Gasteiger partial charge on any atom is 0.213 e. The summed E-state index contributed by atoms with van der Waals surface area (Å²) in [5, 5.41) is 2.39. The molecule has 0 aliphatic carbocycles. The molecule has 0 radical (unpaired) electrons. The molecule has 1 aromatic heterocycles. The lowest BCUT2D eigenvalue weighted by Gasteiger charge is -2.34. The van der Waals surface area contributed by atoms with E-state index in [-0.39, 0.29) is 0 Å². The Balaban J connectivity index is 2.06. The third-order valence-electron chi connectivity index (χ3n) is 3.89. The van der Waals surface area contributed by atoms with Crippen molar-refractivity contribution in [2.75, 3.05) is 13.2 Å². The largest absolute Gasteiger partial charge is 0.345 e. The van der Waals surface area contributed by atoms with Gasteiger partial charge in [0.05, 0.1) is 12.9 Å². The standard InChI is InChI=1S/C19H22N2O2/c1-3-22-19(23-4-2,14-21-12-11-20-15-21)18-10-9-16-7-5-6-8-17(16)13-18/h5-13,15H,3-4,14H2,1-2H3. The summed E-state index contributed by atoms with van der Waals surface area (Å²) in [6.07, 6.45) is 5.48. The molecule has 0 unspecified atom stereocenters. The van der Waals surface area contributed by atoms with Crippen molar-refractivity contribution in [3.63, 3.8) is 0 Å². The van der Waals surface area contributed by atoms with Crippen LogP contribution < -0.4 is 0 Å². The van der Waals surface area contributed by atoms with Crippen molar-refractivity contribution in [1.29, 1.82) is 0 Å². The van der Waals surface area contributed by atoms with Gasteiger partial charge in [-0.1, -0.05) is 36.4 Å². The van der Waals surface area contributed by atoms with Gasteiger partial charge in [-0.25, -0.2) is 4.98 Å². The van der Waals surface area contributed by atoms with Gasteiger partial charge in [-0.2, -0.15) is 0 Å². The van der Waals surface area contributed by atoms with Crippen molar-refractivity contribution >= 4 is 10.8 Å². The summed E-state index contributed by atoms with van der Waals surface area (Å²) in [6, 6.07) is 14.7. The van der Waals surface area contributed by atoms with Crippen molar-refractivity contribution in [2.45, 2.75) is 26.2 Å². The second-order valence-corrected chi connectivity index (χ2v) is 5.42. The van der Waals surface area contributed by atoms with Gasteiger partial charge in [-0.05, 0) is 30.7 Å². The Morgan fingerprint density at radius 3 is 2.39 bits per heavy atom.